The Morgan fingerprint density at radius 3 is 2.54 bits per heavy atom. The highest BCUT2D eigenvalue weighted by atomic mass is 16.5. The molecule has 1 aromatic carbocycles. The highest BCUT2D eigenvalue weighted by Gasteiger charge is 2.24. The van der Waals surface area contributed by atoms with E-state index in [4.69, 9.17) is 20.3 Å². The van der Waals surface area contributed by atoms with Crippen molar-refractivity contribution in [3.8, 4) is 11.6 Å². The SMILES string of the molecule is CCCCCOc1cc(C)c2n[n+](CC(=O)c3cc(OCCCO)cc(C(C)(C)C)c3)c(N)n2n1. The number of fused-ring (bicyclic) bond motifs is 1. The standard InChI is InChI=1S/C26H37N5O4/c1-6-7-8-11-35-23-13-18(2)24-29-30(25(27)31(24)28-23)17-22(33)19-14-20(26(3,4)5)16-21(15-19)34-12-9-10-32/h13-16,27,32H,6-12,17H2,1-5H3/p+1. The number of unbranched alkanes of at least 4 members (excludes halogenated alkanes) is 2. The molecule has 0 aliphatic rings. The number of hydrogen-bond acceptors (Lipinski definition) is 7. The molecule has 0 unspecified atom stereocenters. The minimum Gasteiger partial charge on any atom is -0.493 e. The van der Waals surface area contributed by atoms with E-state index in [1.165, 1.54) is 9.20 Å². The molecule has 0 fully saturated rings. The van der Waals surface area contributed by atoms with Crippen molar-refractivity contribution >= 4 is 17.4 Å². The molecule has 0 aliphatic carbocycles. The molecule has 3 rings (SSSR count). The minimum absolute atomic E-state index is 0.0367. The molecule has 0 saturated heterocycles. The number of aliphatic hydroxyl groups is 1. The molecule has 3 N–H and O–H groups in total. The van der Waals surface area contributed by atoms with Crippen molar-refractivity contribution in [1.82, 2.24) is 14.7 Å². The molecule has 0 atom stereocenters. The lowest BCUT2D eigenvalue weighted by Gasteiger charge is -2.21. The summed E-state index contributed by atoms with van der Waals surface area (Å²) in [4.78, 5) is 13.3. The van der Waals surface area contributed by atoms with Gasteiger partial charge in [0.05, 0.1) is 13.2 Å². The summed E-state index contributed by atoms with van der Waals surface area (Å²) in [6.07, 6.45) is 3.70. The molecule has 2 heterocycles. The van der Waals surface area contributed by atoms with Gasteiger partial charge < -0.3 is 14.6 Å². The zero-order chi connectivity index (χ0) is 25.6. The van der Waals surface area contributed by atoms with Gasteiger partial charge in [0.25, 0.3) is 5.65 Å². The maximum absolute atomic E-state index is 13.3. The molecule has 2 aromatic heterocycles. The molecule has 3 aromatic rings. The lowest BCUT2D eigenvalue weighted by atomic mass is 9.85. The van der Waals surface area contributed by atoms with Crippen molar-refractivity contribution in [1.29, 1.82) is 0 Å². The molecule has 190 valence electrons. The summed E-state index contributed by atoms with van der Waals surface area (Å²) in [7, 11) is 0. The Hall–Kier alpha value is -3.20. The number of anilines is 1. The molecule has 9 heteroatoms. The average Bonchev–Trinajstić information content (AvgIpc) is 3.12. The summed E-state index contributed by atoms with van der Waals surface area (Å²) in [6.45, 7) is 11.3. The topological polar surface area (TPSA) is 116 Å². The normalized spacial score (nSPS) is 11.7. The number of nitrogens with two attached hydrogens (primary N) is 1. The van der Waals surface area contributed by atoms with Crippen LogP contribution in [0.15, 0.2) is 24.3 Å². The van der Waals surface area contributed by atoms with Crippen molar-refractivity contribution in [2.24, 2.45) is 0 Å². The Morgan fingerprint density at radius 1 is 1.11 bits per heavy atom. The molecular formula is C26H38N5O4+. The first-order valence-electron chi connectivity index (χ1n) is 12.2. The number of Topliss-reactive ketones (excluding diaryl/α,β-unsaturated/α-hetero) is 1. The summed E-state index contributed by atoms with van der Waals surface area (Å²) < 4.78 is 14.6. The monoisotopic (exact) mass is 484 g/mol. The lowest BCUT2D eigenvalue weighted by Crippen LogP contribution is -2.42. The first-order valence-corrected chi connectivity index (χ1v) is 12.2. The number of hydrogen-bond donors (Lipinski definition) is 2. The Morgan fingerprint density at radius 2 is 1.86 bits per heavy atom. The second-order valence-electron chi connectivity index (χ2n) is 9.82. The van der Waals surface area contributed by atoms with Gasteiger partial charge in [-0.05, 0) is 42.5 Å². The van der Waals surface area contributed by atoms with E-state index in [2.05, 4.69) is 37.9 Å². The fourth-order valence-corrected chi connectivity index (χ4v) is 3.62. The van der Waals surface area contributed by atoms with Crippen molar-refractivity contribution in [2.45, 2.75) is 72.3 Å². The maximum Gasteiger partial charge on any atom is 0.401 e. The van der Waals surface area contributed by atoms with Gasteiger partial charge in [0.15, 0.2) is 12.3 Å². The molecule has 0 saturated carbocycles. The minimum atomic E-state index is -0.171. The highest BCUT2D eigenvalue weighted by Crippen LogP contribution is 2.28. The van der Waals surface area contributed by atoms with E-state index in [0.29, 0.717) is 42.5 Å². The second-order valence-corrected chi connectivity index (χ2v) is 9.82. The number of nitrogens with zero attached hydrogens (tertiary/aromatic N) is 4. The second kappa shape index (κ2) is 11.5. The fourth-order valence-electron chi connectivity index (χ4n) is 3.62. The van der Waals surface area contributed by atoms with Gasteiger partial charge in [0.2, 0.25) is 5.88 Å². The number of carbonyl (C=O) groups is 1. The van der Waals surface area contributed by atoms with Gasteiger partial charge in [-0.2, -0.15) is 0 Å². The van der Waals surface area contributed by atoms with E-state index < -0.39 is 0 Å². The lowest BCUT2D eigenvalue weighted by molar-refractivity contribution is -0.723. The van der Waals surface area contributed by atoms with Gasteiger partial charge >= 0.3 is 5.95 Å². The van der Waals surface area contributed by atoms with Crippen LogP contribution in [0.1, 0.15) is 74.9 Å². The van der Waals surface area contributed by atoms with E-state index in [0.717, 1.165) is 30.4 Å². The number of aliphatic hydroxyl groups excluding tert-OH is 1. The van der Waals surface area contributed by atoms with E-state index in [1.54, 1.807) is 6.07 Å². The van der Waals surface area contributed by atoms with Gasteiger partial charge in [-0.25, -0.2) is 0 Å². The maximum atomic E-state index is 13.3. The van der Waals surface area contributed by atoms with Gasteiger partial charge in [-0.15, -0.1) is 4.68 Å². The number of aryl methyl sites for hydroxylation is 1. The molecule has 9 nitrogen and oxygen atoms in total. The molecule has 35 heavy (non-hydrogen) atoms. The van der Waals surface area contributed by atoms with Crippen LogP contribution in [0, 0.1) is 6.92 Å². The summed E-state index contributed by atoms with van der Waals surface area (Å²) in [6, 6.07) is 7.39. The van der Waals surface area contributed by atoms with E-state index >= 15 is 0 Å². The van der Waals surface area contributed by atoms with Gasteiger partial charge in [0.1, 0.15) is 5.75 Å². The predicted octanol–water partition coefficient (Wildman–Crippen LogP) is 3.42. The van der Waals surface area contributed by atoms with Crippen LogP contribution >= 0.6 is 0 Å². The van der Waals surface area contributed by atoms with Crippen LogP contribution in [0.5, 0.6) is 11.6 Å². The Kier molecular flexibility index (Phi) is 8.67. The first-order chi connectivity index (χ1) is 16.6. The molecule has 0 radical (unpaired) electrons. The number of nitrogen functional groups attached to an aromatic ring is 1. The quantitative estimate of drug-likeness (QED) is 0.230. The molecule has 0 aliphatic heterocycles. The van der Waals surface area contributed by atoms with Crippen LogP contribution in [-0.2, 0) is 12.0 Å². The first kappa shape index (κ1) is 26.4. The smallest absolute Gasteiger partial charge is 0.401 e. The number of aromatic nitrogens is 4. The van der Waals surface area contributed by atoms with E-state index in [-0.39, 0.29) is 30.3 Å². The average molecular weight is 485 g/mol. The van der Waals surface area contributed by atoms with Crippen LogP contribution in [-0.4, -0.2) is 45.4 Å². The van der Waals surface area contributed by atoms with Gasteiger partial charge in [-0.3, -0.25) is 10.5 Å². The van der Waals surface area contributed by atoms with Crippen molar-refractivity contribution < 1.29 is 24.1 Å². The van der Waals surface area contributed by atoms with Crippen LogP contribution in [0.3, 0.4) is 0 Å². The summed E-state index contributed by atoms with van der Waals surface area (Å²) in [5.74, 6) is 1.19. The Bertz CT molecular complexity index is 1170. The van der Waals surface area contributed by atoms with Crippen molar-refractivity contribution in [3.63, 3.8) is 0 Å². The van der Waals surface area contributed by atoms with Crippen LogP contribution in [0.2, 0.25) is 0 Å². The molecule has 0 spiro atoms. The number of carbonyl (C=O) groups excluding carboxylic acids is 1. The molecule has 0 bridgehead atoms. The third kappa shape index (κ3) is 6.69. The fraction of sp³-hybridized carbons (Fsp3) is 0.538. The Labute approximate surface area is 206 Å². The summed E-state index contributed by atoms with van der Waals surface area (Å²) >= 11 is 0. The number of rotatable bonds is 12. The van der Waals surface area contributed by atoms with E-state index in [9.17, 15) is 4.79 Å². The van der Waals surface area contributed by atoms with Gasteiger partial charge in [0, 0.05) is 30.2 Å². The summed E-state index contributed by atoms with van der Waals surface area (Å²) in [5, 5.41) is 18.1. The van der Waals surface area contributed by atoms with Crippen LogP contribution in [0.4, 0.5) is 5.95 Å². The largest absolute Gasteiger partial charge is 0.493 e. The van der Waals surface area contributed by atoms with Gasteiger partial charge in [-0.1, -0.05) is 55.2 Å². The summed E-state index contributed by atoms with van der Waals surface area (Å²) in [5.41, 5.74) is 9.10. The third-order valence-electron chi connectivity index (χ3n) is 5.75. The van der Waals surface area contributed by atoms with Crippen molar-refractivity contribution in [2.75, 3.05) is 25.6 Å². The Balaban J connectivity index is 1.86. The zero-order valence-electron chi connectivity index (χ0n) is 21.5. The predicted molar refractivity (Wildman–Crippen MR) is 134 cm³/mol. The number of ketones is 1. The molecular weight excluding hydrogens is 446 g/mol. The van der Waals surface area contributed by atoms with Crippen LogP contribution in [0.25, 0.3) is 5.65 Å². The zero-order valence-corrected chi connectivity index (χ0v) is 21.5. The molecule has 0 amide bonds. The number of benzene rings is 1. The number of ether oxygens (including phenoxy) is 2. The highest BCUT2D eigenvalue weighted by molar-refractivity contribution is 5.95. The third-order valence-corrected chi connectivity index (χ3v) is 5.75. The van der Waals surface area contributed by atoms with E-state index in [1.807, 2.05) is 25.1 Å². The van der Waals surface area contributed by atoms with Crippen molar-refractivity contribution in [3.05, 3.63) is 41.0 Å². The van der Waals surface area contributed by atoms with Crippen LogP contribution < -0.4 is 19.9 Å².